The molecule has 28 heavy (non-hydrogen) atoms. The summed E-state index contributed by atoms with van der Waals surface area (Å²) >= 11 is 0. The van der Waals surface area contributed by atoms with Crippen molar-refractivity contribution in [1.82, 2.24) is 0 Å². The first-order chi connectivity index (χ1) is 12.7. The molecule has 0 aromatic heterocycles. The van der Waals surface area contributed by atoms with E-state index in [9.17, 15) is 5.11 Å². The highest BCUT2D eigenvalue weighted by Gasteiger charge is 2.49. The Morgan fingerprint density at radius 2 is 1.07 bits per heavy atom. The van der Waals surface area contributed by atoms with E-state index in [-0.39, 0.29) is 6.23 Å². The standard InChI is InChI=1S/C16H44O7Si5/c1-18-27(16-17,19-2)14-13-25(8,9)26(10,11)23-24(6,7)12-15-28(20-3,21-4)22-5/h17H,12-16H2,1-11H3. The number of aliphatic hydroxyl groups excluding tert-OH is 1. The van der Waals surface area contributed by atoms with Crippen LogP contribution in [-0.4, -0.2) is 88.0 Å². The Labute approximate surface area is 177 Å². The van der Waals surface area contributed by atoms with E-state index in [1.165, 1.54) is 0 Å². The van der Waals surface area contributed by atoms with E-state index in [0.717, 1.165) is 24.2 Å². The molecule has 0 fully saturated rings. The quantitative estimate of drug-likeness (QED) is 0.354. The van der Waals surface area contributed by atoms with Crippen LogP contribution in [0.1, 0.15) is 0 Å². The van der Waals surface area contributed by atoms with Gasteiger partial charge in [0.1, 0.15) is 0 Å². The van der Waals surface area contributed by atoms with Crippen molar-refractivity contribution in [1.29, 1.82) is 0 Å². The van der Waals surface area contributed by atoms with Gasteiger partial charge in [-0.05, 0) is 38.3 Å². The average Bonchev–Trinajstić information content (AvgIpc) is 2.64. The summed E-state index contributed by atoms with van der Waals surface area (Å²) in [6, 6.07) is 3.57. The Morgan fingerprint density at radius 3 is 1.43 bits per heavy atom. The molecule has 7 nitrogen and oxygen atoms in total. The lowest BCUT2D eigenvalue weighted by atomic mass is 10.9. The fraction of sp³-hybridized carbons (Fsp3) is 1.00. The maximum atomic E-state index is 9.76. The van der Waals surface area contributed by atoms with Gasteiger partial charge < -0.3 is 31.4 Å². The van der Waals surface area contributed by atoms with Gasteiger partial charge in [-0.25, -0.2) is 0 Å². The van der Waals surface area contributed by atoms with Crippen molar-refractivity contribution in [3.05, 3.63) is 0 Å². The summed E-state index contributed by atoms with van der Waals surface area (Å²) in [6.07, 6.45) is -0.00860. The van der Waals surface area contributed by atoms with Gasteiger partial charge in [-0.3, -0.25) is 0 Å². The molecular formula is C16H44O7Si5. The highest BCUT2D eigenvalue weighted by Crippen LogP contribution is 2.33. The molecule has 0 heterocycles. The summed E-state index contributed by atoms with van der Waals surface area (Å²) in [5.74, 6) is 0. The molecule has 170 valence electrons. The number of rotatable bonds is 15. The van der Waals surface area contributed by atoms with Crippen LogP contribution in [0.3, 0.4) is 0 Å². The van der Waals surface area contributed by atoms with Crippen LogP contribution in [-0.2, 0) is 26.2 Å². The third-order valence-corrected chi connectivity index (χ3v) is 34.9. The highest BCUT2D eigenvalue weighted by atomic mass is 29.3. The van der Waals surface area contributed by atoms with Crippen molar-refractivity contribution in [3.8, 4) is 0 Å². The first-order valence-corrected chi connectivity index (χ1v) is 24.2. The van der Waals surface area contributed by atoms with Gasteiger partial charge in [0.25, 0.3) is 0 Å². The molecule has 0 saturated heterocycles. The molecule has 0 saturated carbocycles. The summed E-state index contributed by atoms with van der Waals surface area (Å²) < 4.78 is 34.9. The van der Waals surface area contributed by atoms with Gasteiger partial charge in [0.05, 0.1) is 13.8 Å². The Bertz CT molecular complexity index is 438. The molecule has 0 radical (unpaired) electrons. The summed E-state index contributed by atoms with van der Waals surface area (Å²) in [6.45, 7) is 14.1. The van der Waals surface area contributed by atoms with E-state index in [4.69, 9.17) is 26.2 Å². The monoisotopic (exact) mass is 488 g/mol. The molecule has 1 N–H and O–H groups in total. The molecule has 0 spiro atoms. The average molecular weight is 489 g/mol. The molecule has 0 atom stereocenters. The first-order valence-electron chi connectivity index (χ1n) is 9.80. The second-order valence-electron chi connectivity index (χ2n) is 9.03. The normalized spacial score (nSPS) is 14.6. The summed E-state index contributed by atoms with van der Waals surface area (Å²) in [5.41, 5.74) is 0. The fourth-order valence-electron chi connectivity index (χ4n) is 3.19. The minimum atomic E-state index is -2.58. The molecule has 0 aliphatic heterocycles. The molecule has 0 aliphatic rings. The van der Waals surface area contributed by atoms with Crippen molar-refractivity contribution >= 4 is 41.1 Å². The molecule has 0 aliphatic carbocycles. The predicted octanol–water partition coefficient (Wildman–Crippen LogP) is 3.34. The molecule has 0 amide bonds. The van der Waals surface area contributed by atoms with Crippen molar-refractivity contribution < 1.29 is 31.4 Å². The van der Waals surface area contributed by atoms with Gasteiger partial charge >= 0.3 is 17.4 Å². The van der Waals surface area contributed by atoms with E-state index in [1.807, 2.05) is 0 Å². The van der Waals surface area contributed by atoms with Gasteiger partial charge in [0, 0.05) is 41.6 Å². The molecule has 0 unspecified atom stereocenters. The van der Waals surface area contributed by atoms with E-state index in [0.29, 0.717) is 0 Å². The molecule has 0 bridgehead atoms. The van der Waals surface area contributed by atoms with Gasteiger partial charge in [-0.15, -0.1) is 0 Å². The number of hydrogen-bond donors (Lipinski definition) is 1. The zero-order valence-corrected chi connectivity index (χ0v) is 24.9. The lowest BCUT2D eigenvalue weighted by Crippen LogP contribution is -2.62. The predicted molar refractivity (Wildman–Crippen MR) is 126 cm³/mol. The highest BCUT2D eigenvalue weighted by molar-refractivity contribution is 7.39. The van der Waals surface area contributed by atoms with Gasteiger partial charge in [-0.1, -0.05) is 19.1 Å². The minimum Gasteiger partial charge on any atom is -0.458 e. The maximum Gasteiger partial charge on any atom is 0.499 e. The third-order valence-electron chi connectivity index (χ3n) is 6.24. The smallest absolute Gasteiger partial charge is 0.458 e. The third kappa shape index (κ3) is 7.81. The zero-order chi connectivity index (χ0) is 22.3. The van der Waals surface area contributed by atoms with Crippen molar-refractivity contribution in [3.63, 3.8) is 0 Å². The van der Waals surface area contributed by atoms with Gasteiger partial charge in [0.2, 0.25) is 0 Å². The van der Waals surface area contributed by atoms with Gasteiger partial charge in [-0.2, -0.15) is 0 Å². The van der Waals surface area contributed by atoms with E-state index < -0.39 is 41.1 Å². The summed E-state index contributed by atoms with van der Waals surface area (Å²) in [5, 5.41) is 9.76. The van der Waals surface area contributed by atoms with Crippen LogP contribution in [0, 0.1) is 0 Å². The second-order valence-corrected chi connectivity index (χ2v) is 35.4. The fourth-order valence-corrected chi connectivity index (χ4v) is 28.5. The molecule has 0 rings (SSSR count). The van der Waals surface area contributed by atoms with Crippen molar-refractivity contribution in [2.24, 2.45) is 0 Å². The summed E-state index contributed by atoms with van der Waals surface area (Å²) in [7, 11) is -2.29. The lowest BCUT2D eigenvalue weighted by Gasteiger charge is -2.44. The van der Waals surface area contributed by atoms with Gasteiger partial charge in [0.15, 0.2) is 16.2 Å². The molecular weight excluding hydrogens is 445 g/mol. The Kier molecular flexibility index (Phi) is 11.8. The Balaban J connectivity index is 5.15. The van der Waals surface area contributed by atoms with Crippen LogP contribution in [0.5, 0.6) is 0 Å². The largest absolute Gasteiger partial charge is 0.499 e. The van der Waals surface area contributed by atoms with Crippen LogP contribution in [0.15, 0.2) is 0 Å². The summed E-state index contributed by atoms with van der Waals surface area (Å²) in [4.78, 5) is 0. The topological polar surface area (TPSA) is 75.6 Å². The Morgan fingerprint density at radius 1 is 0.607 bits per heavy atom. The van der Waals surface area contributed by atoms with E-state index in [2.05, 4.69) is 39.3 Å². The van der Waals surface area contributed by atoms with Crippen molar-refractivity contribution in [2.75, 3.05) is 41.8 Å². The maximum absolute atomic E-state index is 9.76. The minimum absolute atomic E-state index is 0.00860. The number of aliphatic hydroxyl groups is 1. The zero-order valence-electron chi connectivity index (χ0n) is 19.9. The van der Waals surface area contributed by atoms with Crippen LogP contribution >= 0.6 is 0 Å². The molecule has 0 aromatic rings. The number of hydrogen-bond acceptors (Lipinski definition) is 7. The molecule has 12 heteroatoms. The Hall–Kier alpha value is 0.804. The van der Waals surface area contributed by atoms with Crippen LogP contribution in [0.4, 0.5) is 0 Å². The van der Waals surface area contributed by atoms with Crippen molar-refractivity contribution in [2.45, 2.75) is 63.5 Å². The second kappa shape index (κ2) is 11.4. The SMILES string of the molecule is CO[Si](CO)(CC[Si](C)(C)[Si](C)(C)O[Si](C)(C)CC[Si](OC)(OC)OC)OC. The van der Waals surface area contributed by atoms with Crippen LogP contribution < -0.4 is 0 Å². The first kappa shape index (κ1) is 28.8. The van der Waals surface area contributed by atoms with Crippen LogP contribution in [0.25, 0.3) is 0 Å². The van der Waals surface area contributed by atoms with E-state index in [1.54, 1.807) is 35.5 Å². The van der Waals surface area contributed by atoms with E-state index >= 15 is 0 Å². The lowest BCUT2D eigenvalue weighted by molar-refractivity contribution is 0.125. The van der Waals surface area contributed by atoms with Crippen LogP contribution in [0.2, 0.25) is 63.5 Å². The molecule has 0 aromatic carbocycles.